The van der Waals surface area contributed by atoms with Gasteiger partial charge >= 0.3 is 5.97 Å². The Balaban J connectivity index is 0.00000162. The fourth-order valence-corrected chi connectivity index (χ4v) is 1.71. The van der Waals surface area contributed by atoms with Crippen molar-refractivity contribution >= 4 is 5.97 Å². The molecule has 0 bridgehead atoms. The number of rotatable bonds is 2. The molecule has 0 fully saturated rings. The third-order valence-electron chi connectivity index (χ3n) is 2.56. The molecular formula is C12H9F2IrNO2. The summed E-state index contributed by atoms with van der Waals surface area (Å²) in [7, 11) is 0. The molecule has 97 valence electrons. The Morgan fingerprint density at radius 2 is 2.00 bits per heavy atom. The van der Waals surface area contributed by atoms with Crippen LogP contribution in [0.1, 0.15) is 5.56 Å². The van der Waals surface area contributed by atoms with E-state index in [-0.39, 0.29) is 25.7 Å². The molecule has 0 amide bonds. The Kier molecular flexibility index (Phi) is 4.37. The molecule has 1 atom stereocenters. The van der Waals surface area contributed by atoms with Crippen molar-refractivity contribution < 1.29 is 38.8 Å². The number of hydrogen-bond acceptors (Lipinski definition) is 2. The third-order valence-corrected chi connectivity index (χ3v) is 2.56. The van der Waals surface area contributed by atoms with Gasteiger partial charge in [0.25, 0.3) is 0 Å². The first-order valence-electron chi connectivity index (χ1n) is 4.87. The molecule has 1 aromatic rings. The summed E-state index contributed by atoms with van der Waals surface area (Å²) in [5, 5.41) is 11.8. The van der Waals surface area contributed by atoms with Crippen LogP contribution in [0.15, 0.2) is 42.6 Å². The molecular weight excluding hydrogens is 420 g/mol. The van der Waals surface area contributed by atoms with Gasteiger partial charge in [-0.2, -0.15) is 0 Å². The number of carboxylic acids is 1. The maximum atomic E-state index is 13.6. The normalized spacial score (nSPS) is 21.0. The van der Waals surface area contributed by atoms with Crippen LogP contribution in [0.3, 0.4) is 0 Å². The molecule has 1 aromatic carbocycles. The van der Waals surface area contributed by atoms with E-state index >= 15 is 0 Å². The van der Waals surface area contributed by atoms with Gasteiger partial charge in [-0.3, -0.25) is 0 Å². The number of carboxylic acid groups (broad SMARTS) is 1. The molecule has 1 aliphatic heterocycles. The van der Waals surface area contributed by atoms with Crippen LogP contribution < -0.4 is 5.32 Å². The Bertz CT molecular complexity index is 531. The predicted molar refractivity (Wildman–Crippen MR) is 57.1 cm³/mol. The summed E-state index contributed by atoms with van der Waals surface area (Å²) in [6.45, 7) is 0. The van der Waals surface area contributed by atoms with Gasteiger partial charge in [-0.1, -0.05) is 6.08 Å². The smallest absolute Gasteiger partial charge is 0.338 e. The molecule has 6 heteroatoms. The molecule has 1 unspecified atom stereocenters. The van der Waals surface area contributed by atoms with Crippen LogP contribution in [0.2, 0.25) is 0 Å². The topological polar surface area (TPSA) is 49.3 Å². The van der Waals surface area contributed by atoms with Crippen LogP contribution in [0.4, 0.5) is 8.78 Å². The van der Waals surface area contributed by atoms with Crippen LogP contribution in [0.25, 0.3) is 0 Å². The number of aliphatic carboxylic acids is 1. The number of hydrogen-bond donors (Lipinski definition) is 2. The average molecular weight is 429 g/mol. The fraction of sp³-hybridized carbons (Fsp3) is 0.0833. The summed E-state index contributed by atoms with van der Waals surface area (Å²) >= 11 is 0. The van der Waals surface area contributed by atoms with Crippen LogP contribution in [-0.4, -0.2) is 11.1 Å². The zero-order valence-electron chi connectivity index (χ0n) is 8.99. The quantitative estimate of drug-likeness (QED) is 0.756. The second-order valence-electron chi connectivity index (χ2n) is 3.60. The summed E-state index contributed by atoms with van der Waals surface area (Å²) in [4.78, 5) is 11.3. The van der Waals surface area contributed by atoms with E-state index in [9.17, 15) is 18.7 Å². The molecule has 1 radical (unpaired) electrons. The first-order chi connectivity index (χ1) is 8.06. The van der Waals surface area contributed by atoms with Gasteiger partial charge in [-0.05, 0) is 30.5 Å². The minimum Gasteiger partial charge on any atom is -0.479 e. The Morgan fingerprint density at radius 1 is 1.28 bits per heavy atom. The number of dihydropyridines is 1. The summed E-state index contributed by atoms with van der Waals surface area (Å²) < 4.78 is 26.4. The molecule has 0 aliphatic carbocycles. The minimum absolute atomic E-state index is 0. The zero-order valence-corrected chi connectivity index (χ0v) is 11.4. The number of benzene rings is 1. The van der Waals surface area contributed by atoms with Gasteiger partial charge in [-0.25, -0.2) is 13.6 Å². The van der Waals surface area contributed by atoms with E-state index in [0.29, 0.717) is 6.07 Å². The van der Waals surface area contributed by atoms with E-state index in [1.54, 1.807) is 6.08 Å². The van der Waals surface area contributed by atoms with Crippen molar-refractivity contribution in [1.29, 1.82) is 0 Å². The Hall–Kier alpha value is -1.52. The number of carbonyl (C=O) groups is 1. The van der Waals surface area contributed by atoms with Gasteiger partial charge in [0, 0.05) is 31.7 Å². The van der Waals surface area contributed by atoms with E-state index < -0.39 is 23.1 Å². The molecule has 0 saturated carbocycles. The van der Waals surface area contributed by atoms with Crippen molar-refractivity contribution in [3.63, 3.8) is 0 Å². The molecule has 2 rings (SSSR count). The molecule has 1 heterocycles. The summed E-state index contributed by atoms with van der Waals surface area (Å²) in [6, 6.07) is 2.81. The third kappa shape index (κ3) is 2.35. The molecule has 3 nitrogen and oxygen atoms in total. The van der Waals surface area contributed by atoms with Gasteiger partial charge in [0.1, 0.15) is 11.6 Å². The maximum absolute atomic E-state index is 13.6. The number of allylic oxidation sites excluding steroid dienone is 2. The van der Waals surface area contributed by atoms with E-state index in [2.05, 4.69) is 5.32 Å². The molecule has 0 aromatic heterocycles. The van der Waals surface area contributed by atoms with Crippen LogP contribution in [0, 0.1) is 11.6 Å². The first-order valence-corrected chi connectivity index (χ1v) is 4.87. The van der Waals surface area contributed by atoms with Gasteiger partial charge in [0.15, 0.2) is 5.54 Å². The molecule has 0 spiro atoms. The molecule has 1 aliphatic rings. The maximum Gasteiger partial charge on any atom is 0.338 e. The second kappa shape index (κ2) is 5.42. The summed E-state index contributed by atoms with van der Waals surface area (Å²) in [6.07, 6.45) is 5.79. The van der Waals surface area contributed by atoms with Gasteiger partial charge in [0.2, 0.25) is 0 Å². The molecule has 0 saturated heterocycles. The average Bonchev–Trinajstić information content (AvgIpc) is 2.29. The van der Waals surface area contributed by atoms with Crippen molar-refractivity contribution in [1.82, 2.24) is 5.32 Å². The van der Waals surface area contributed by atoms with Crippen molar-refractivity contribution in [2.75, 3.05) is 0 Å². The van der Waals surface area contributed by atoms with E-state index in [1.807, 2.05) is 0 Å². The Morgan fingerprint density at radius 3 is 2.50 bits per heavy atom. The van der Waals surface area contributed by atoms with E-state index in [1.165, 1.54) is 18.4 Å². The van der Waals surface area contributed by atoms with Gasteiger partial charge < -0.3 is 10.4 Å². The monoisotopic (exact) mass is 430 g/mol. The van der Waals surface area contributed by atoms with Crippen molar-refractivity contribution in [3.8, 4) is 0 Å². The van der Waals surface area contributed by atoms with Crippen molar-refractivity contribution in [3.05, 3.63) is 59.8 Å². The molecule has 2 N–H and O–H groups in total. The van der Waals surface area contributed by atoms with Gasteiger partial charge in [0.05, 0.1) is 0 Å². The predicted octanol–water partition coefficient (Wildman–Crippen LogP) is 1.92. The number of halogens is 2. The van der Waals surface area contributed by atoms with E-state index in [4.69, 9.17) is 0 Å². The summed E-state index contributed by atoms with van der Waals surface area (Å²) in [5.74, 6) is -2.91. The van der Waals surface area contributed by atoms with E-state index in [0.717, 1.165) is 12.1 Å². The fourth-order valence-electron chi connectivity index (χ4n) is 1.71. The van der Waals surface area contributed by atoms with Crippen LogP contribution in [-0.2, 0) is 30.4 Å². The first kappa shape index (κ1) is 14.5. The van der Waals surface area contributed by atoms with Gasteiger partial charge in [-0.15, -0.1) is 0 Å². The minimum atomic E-state index is -1.69. The second-order valence-corrected chi connectivity index (χ2v) is 3.60. The molecule has 18 heavy (non-hydrogen) atoms. The van der Waals surface area contributed by atoms with Crippen molar-refractivity contribution in [2.45, 2.75) is 5.54 Å². The van der Waals surface area contributed by atoms with Crippen molar-refractivity contribution in [2.24, 2.45) is 0 Å². The SMILES string of the molecule is O=C(O)C1(c2ccc(F)cc2F)C=CC=CN1.[Ir]. The standard InChI is InChI=1S/C12H9F2NO2.Ir/c13-8-3-4-9(10(14)7-8)12(11(16)17)5-1-2-6-15-12;/h1-7,15H,(H,16,17);. The largest absolute Gasteiger partial charge is 0.479 e. The van der Waals surface area contributed by atoms with Crippen LogP contribution in [0.5, 0.6) is 0 Å². The Labute approximate surface area is 116 Å². The van der Waals surface area contributed by atoms with Crippen LogP contribution >= 0.6 is 0 Å². The zero-order chi connectivity index (χ0) is 12.5. The number of nitrogens with one attached hydrogen (secondary N) is 1. The summed E-state index contributed by atoms with van der Waals surface area (Å²) in [5.41, 5.74) is -1.82.